The van der Waals surface area contributed by atoms with E-state index < -0.39 is 0 Å². The first-order chi connectivity index (χ1) is 18.4. The van der Waals surface area contributed by atoms with Crippen LogP contribution in [0.25, 0.3) is 39.1 Å². The van der Waals surface area contributed by atoms with Gasteiger partial charge in [0.25, 0.3) is 0 Å². The maximum absolute atomic E-state index is 4.24. The van der Waals surface area contributed by atoms with E-state index in [0.717, 1.165) is 12.8 Å². The molecule has 0 aliphatic heterocycles. The Kier molecular flexibility index (Phi) is 10.8. The van der Waals surface area contributed by atoms with E-state index in [2.05, 4.69) is 126 Å². The summed E-state index contributed by atoms with van der Waals surface area (Å²) in [5.41, 5.74) is 13.5. The van der Waals surface area contributed by atoms with Crippen LogP contribution in [0.15, 0.2) is 90.1 Å². The molecule has 1 atom stereocenters. The van der Waals surface area contributed by atoms with Crippen molar-refractivity contribution in [3.05, 3.63) is 145 Å². The molecule has 2 heteroatoms. The van der Waals surface area contributed by atoms with Gasteiger partial charge < -0.3 is 21.8 Å². The molecule has 204 valence electrons. The number of hydrogen-bond acceptors (Lipinski definition) is 0. The third-order valence-electron chi connectivity index (χ3n) is 7.79. The van der Waals surface area contributed by atoms with Gasteiger partial charge in [0, 0.05) is 0 Å². The van der Waals surface area contributed by atoms with Crippen molar-refractivity contribution < 1.29 is 25.8 Å². The topological polar surface area (TPSA) is 0 Å². The van der Waals surface area contributed by atoms with Crippen molar-refractivity contribution in [2.24, 2.45) is 0 Å². The van der Waals surface area contributed by atoms with E-state index >= 15 is 0 Å². The van der Waals surface area contributed by atoms with Gasteiger partial charge in [-0.2, -0.15) is 12.5 Å². The molecule has 0 aromatic heterocycles. The van der Waals surface area contributed by atoms with Gasteiger partial charge in [0.05, 0.1) is 9.52 Å². The summed E-state index contributed by atoms with van der Waals surface area (Å²) in [6, 6.07) is 32.3. The second kappa shape index (κ2) is 13.5. The van der Waals surface area contributed by atoms with E-state index in [0.29, 0.717) is 15.4 Å². The molecule has 0 bridgehead atoms. The van der Waals surface area contributed by atoms with E-state index in [1.807, 2.05) is 0 Å². The third kappa shape index (κ3) is 6.55. The van der Waals surface area contributed by atoms with Gasteiger partial charge in [-0.1, -0.05) is 106 Å². The van der Waals surface area contributed by atoms with Crippen molar-refractivity contribution >= 4 is 31.6 Å². The number of fused-ring (bicyclic) bond motifs is 2. The van der Waals surface area contributed by atoms with Crippen LogP contribution in [0, 0.1) is 49.5 Å². The summed E-state index contributed by atoms with van der Waals surface area (Å²) in [5.74, 6) is 0.448. The van der Waals surface area contributed by atoms with Gasteiger partial charge in [0.1, 0.15) is 0 Å². The third-order valence-corrected chi connectivity index (χ3v) is 9.15. The van der Waals surface area contributed by atoms with E-state index in [9.17, 15) is 0 Å². The first kappa shape index (κ1) is 32.8. The van der Waals surface area contributed by atoms with Crippen molar-refractivity contribution in [1.29, 1.82) is 0 Å². The SMILES string of the molecule is [CH2-]CCC1C([Si]c2cc3c(-c4cc(C)cc(C)c4)cccc3[cH-]2)=Cc2c(-c3cc(C)cc(C)c3)cccc21.[CH3-].[CH3-].[Hf+4]. The molecule has 5 aromatic rings. The summed E-state index contributed by atoms with van der Waals surface area (Å²) < 4.78 is 0. The largest absolute Gasteiger partial charge is 4.00 e. The Hall–Kier alpha value is -2.68. The summed E-state index contributed by atoms with van der Waals surface area (Å²) >= 11 is 0. The molecule has 0 N–H and O–H groups in total. The van der Waals surface area contributed by atoms with Gasteiger partial charge in [0.15, 0.2) is 0 Å². The van der Waals surface area contributed by atoms with E-state index in [1.54, 1.807) is 5.20 Å². The number of hydrogen-bond donors (Lipinski definition) is 0. The maximum Gasteiger partial charge on any atom is 4.00 e. The Bertz CT molecular complexity index is 1660. The van der Waals surface area contributed by atoms with Gasteiger partial charge in [-0.05, 0) is 61.4 Å². The van der Waals surface area contributed by atoms with Crippen LogP contribution in [0.1, 0.15) is 52.1 Å². The van der Waals surface area contributed by atoms with Crippen LogP contribution in [-0.4, -0.2) is 9.52 Å². The van der Waals surface area contributed by atoms with E-state index in [4.69, 9.17) is 0 Å². The average molecular weight is 715 g/mol. The Balaban J connectivity index is 0.00000154. The molecule has 1 unspecified atom stereocenters. The second-order valence-corrected chi connectivity index (χ2v) is 12.4. The average Bonchev–Trinajstić information content (AvgIpc) is 3.44. The molecular formula is C39H40HfSi. The molecule has 5 aromatic carbocycles. The maximum atomic E-state index is 4.24. The Morgan fingerprint density at radius 2 is 1.29 bits per heavy atom. The van der Waals surface area contributed by atoms with Crippen molar-refractivity contribution in [3.63, 3.8) is 0 Å². The Labute approximate surface area is 269 Å². The summed E-state index contributed by atoms with van der Waals surface area (Å²) in [4.78, 5) is 0. The molecule has 6 rings (SSSR count). The van der Waals surface area contributed by atoms with Crippen LogP contribution in [-0.2, 0) is 25.8 Å². The fourth-order valence-electron chi connectivity index (χ4n) is 6.35. The van der Waals surface area contributed by atoms with Gasteiger partial charge in [-0.3, -0.25) is 0 Å². The summed E-state index contributed by atoms with van der Waals surface area (Å²) in [5, 5.41) is 5.67. The molecule has 0 amide bonds. The van der Waals surface area contributed by atoms with Gasteiger partial charge in [-0.25, -0.2) is 0 Å². The molecule has 0 heterocycles. The number of allylic oxidation sites excluding steroid dienone is 1. The van der Waals surface area contributed by atoms with Crippen LogP contribution < -0.4 is 5.19 Å². The molecule has 0 spiro atoms. The van der Waals surface area contributed by atoms with Crippen LogP contribution in [0.4, 0.5) is 0 Å². The molecule has 0 nitrogen and oxygen atoms in total. The Morgan fingerprint density at radius 3 is 1.90 bits per heavy atom. The zero-order valence-electron chi connectivity index (χ0n) is 25.4. The van der Waals surface area contributed by atoms with Gasteiger partial charge in [-0.15, -0.1) is 34.2 Å². The molecule has 1 aliphatic carbocycles. The molecule has 41 heavy (non-hydrogen) atoms. The number of aryl methyl sites for hydroxylation is 4. The molecule has 2 radical (unpaired) electrons. The molecule has 0 fully saturated rings. The van der Waals surface area contributed by atoms with E-state index in [-0.39, 0.29) is 40.7 Å². The van der Waals surface area contributed by atoms with Crippen molar-refractivity contribution in [2.75, 3.05) is 0 Å². The van der Waals surface area contributed by atoms with Gasteiger partial charge in [0.2, 0.25) is 0 Å². The van der Waals surface area contributed by atoms with Gasteiger partial charge >= 0.3 is 25.8 Å². The first-order valence-electron chi connectivity index (χ1n) is 13.7. The molecule has 0 saturated carbocycles. The number of benzene rings is 4. The van der Waals surface area contributed by atoms with Crippen LogP contribution >= 0.6 is 0 Å². The van der Waals surface area contributed by atoms with Crippen molar-refractivity contribution in [3.8, 4) is 22.3 Å². The van der Waals surface area contributed by atoms with Crippen LogP contribution in [0.3, 0.4) is 0 Å². The molecule has 1 aliphatic rings. The first-order valence-corrected chi connectivity index (χ1v) is 14.7. The van der Waals surface area contributed by atoms with E-state index in [1.165, 1.54) is 71.6 Å². The zero-order valence-corrected chi connectivity index (χ0v) is 30.0. The predicted octanol–water partition coefficient (Wildman–Crippen LogP) is 10.1. The standard InChI is InChI=1S/C37H34Si.2CH3.Hf/c1-6-9-34-33-13-8-12-32(29-18-25(4)15-26(5)19-29)36(33)22-37(34)38-30-20-27-10-7-11-31(35(27)21-30)28-16-23(2)14-24(3)17-28;;;/h7-8,10-22,34H,1,6,9H2,2-5H3;2*1H3;/q-2;2*-1;+4. The number of rotatable bonds is 6. The van der Waals surface area contributed by atoms with Crippen LogP contribution in [0.2, 0.25) is 0 Å². The fourth-order valence-corrected chi connectivity index (χ4v) is 7.82. The molecule has 0 saturated heterocycles. The van der Waals surface area contributed by atoms with Crippen molar-refractivity contribution in [2.45, 2.75) is 46.5 Å². The normalized spacial score (nSPS) is 13.6. The zero-order chi connectivity index (χ0) is 26.4. The quantitative estimate of drug-likeness (QED) is 0.121. The minimum atomic E-state index is 0. The Morgan fingerprint density at radius 1 is 0.732 bits per heavy atom. The monoisotopic (exact) mass is 716 g/mol. The minimum Gasteiger partial charge on any atom is -0.358 e. The summed E-state index contributed by atoms with van der Waals surface area (Å²) in [6.07, 6.45) is 4.54. The van der Waals surface area contributed by atoms with Crippen LogP contribution in [0.5, 0.6) is 0 Å². The van der Waals surface area contributed by atoms with Crippen molar-refractivity contribution in [1.82, 2.24) is 0 Å². The smallest absolute Gasteiger partial charge is 0.358 e. The summed E-state index contributed by atoms with van der Waals surface area (Å²) in [7, 11) is 0.660. The summed E-state index contributed by atoms with van der Waals surface area (Å²) in [6.45, 7) is 13.0. The fraction of sp³-hybridized carbons (Fsp3) is 0.179. The molecular weight excluding hydrogens is 675 g/mol. The predicted molar refractivity (Wildman–Crippen MR) is 179 cm³/mol. The minimum absolute atomic E-state index is 0. The second-order valence-electron chi connectivity index (χ2n) is 11.0.